The molecule has 2 aromatic carbocycles. The maximum atomic E-state index is 13.4. The van der Waals surface area contributed by atoms with Gasteiger partial charge < -0.3 is 24.2 Å². The summed E-state index contributed by atoms with van der Waals surface area (Å²) in [6.45, 7) is 2.38. The van der Waals surface area contributed by atoms with Gasteiger partial charge in [-0.15, -0.1) is 0 Å². The maximum Gasteiger partial charge on any atom is 0.295 e. The van der Waals surface area contributed by atoms with E-state index in [1.807, 2.05) is 31.2 Å². The number of aliphatic hydroxyl groups excluding tert-OH is 1. The number of aliphatic hydroxyl groups is 1. The summed E-state index contributed by atoms with van der Waals surface area (Å²) in [6.07, 6.45) is 3.65. The number of benzene rings is 2. The molecule has 1 saturated carbocycles. The van der Waals surface area contributed by atoms with Crippen LogP contribution in [-0.4, -0.2) is 48.6 Å². The third-order valence-corrected chi connectivity index (χ3v) is 6.35. The van der Waals surface area contributed by atoms with Crippen molar-refractivity contribution in [2.45, 2.75) is 44.7 Å². The Morgan fingerprint density at radius 3 is 2.27 bits per heavy atom. The number of rotatable bonds is 7. The van der Waals surface area contributed by atoms with Crippen molar-refractivity contribution in [2.24, 2.45) is 0 Å². The van der Waals surface area contributed by atoms with E-state index in [0.717, 1.165) is 25.7 Å². The van der Waals surface area contributed by atoms with Crippen LogP contribution in [0, 0.1) is 0 Å². The van der Waals surface area contributed by atoms with Crippen LogP contribution in [0.5, 0.6) is 17.2 Å². The van der Waals surface area contributed by atoms with Crippen molar-refractivity contribution < 1.29 is 28.9 Å². The van der Waals surface area contributed by atoms with E-state index in [9.17, 15) is 14.7 Å². The molecule has 0 bridgehead atoms. The van der Waals surface area contributed by atoms with Gasteiger partial charge in [-0.05, 0) is 49.6 Å². The largest absolute Gasteiger partial charge is 0.506 e. The summed E-state index contributed by atoms with van der Waals surface area (Å²) >= 11 is 0. The van der Waals surface area contributed by atoms with Gasteiger partial charge in [0.2, 0.25) is 0 Å². The number of carbonyl (C=O) groups excluding carboxylic acids is 2. The first kappa shape index (κ1) is 22.7. The van der Waals surface area contributed by atoms with E-state index >= 15 is 0 Å². The molecule has 2 aliphatic rings. The van der Waals surface area contributed by atoms with Gasteiger partial charge in [-0.3, -0.25) is 9.59 Å². The number of amides is 1. The average Bonchev–Trinajstić information content (AvgIpc) is 3.45. The molecule has 0 spiro atoms. The highest BCUT2D eigenvalue weighted by Crippen LogP contribution is 2.46. The van der Waals surface area contributed by atoms with Gasteiger partial charge in [0, 0.05) is 6.04 Å². The zero-order valence-corrected chi connectivity index (χ0v) is 19.2. The molecule has 1 heterocycles. The fourth-order valence-corrected chi connectivity index (χ4v) is 4.90. The molecule has 2 aromatic rings. The molecule has 174 valence electrons. The van der Waals surface area contributed by atoms with Gasteiger partial charge in [0.05, 0.1) is 32.4 Å². The normalized spacial score (nSPS) is 20.3. The third-order valence-electron chi connectivity index (χ3n) is 6.35. The lowest BCUT2D eigenvalue weighted by atomic mass is 9.94. The minimum absolute atomic E-state index is 0.0309. The molecule has 2 fully saturated rings. The molecule has 7 nitrogen and oxygen atoms in total. The molecule has 4 rings (SSSR count). The molecule has 1 amide bonds. The zero-order chi connectivity index (χ0) is 23.5. The van der Waals surface area contributed by atoms with Crippen molar-refractivity contribution in [3.63, 3.8) is 0 Å². The van der Waals surface area contributed by atoms with E-state index in [1.165, 1.54) is 14.2 Å². The number of ketones is 1. The summed E-state index contributed by atoms with van der Waals surface area (Å²) in [5.74, 6) is -0.276. The van der Waals surface area contributed by atoms with Crippen molar-refractivity contribution in [2.75, 3.05) is 20.8 Å². The molecule has 33 heavy (non-hydrogen) atoms. The first-order valence-electron chi connectivity index (χ1n) is 11.3. The van der Waals surface area contributed by atoms with Crippen LogP contribution >= 0.6 is 0 Å². The van der Waals surface area contributed by atoms with Gasteiger partial charge in [-0.25, -0.2) is 0 Å². The van der Waals surface area contributed by atoms with Crippen molar-refractivity contribution >= 4 is 17.4 Å². The molecule has 1 atom stereocenters. The SMILES string of the molecule is CCOc1cccc(C2/C(=C(\O)c3c(OC)cccc3OC)C(=O)C(=O)N2C2CCCC2)c1. The average molecular weight is 452 g/mol. The van der Waals surface area contributed by atoms with Crippen LogP contribution in [-0.2, 0) is 9.59 Å². The van der Waals surface area contributed by atoms with E-state index in [2.05, 4.69) is 0 Å². The highest BCUT2D eigenvalue weighted by atomic mass is 16.5. The second-order valence-electron chi connectivity index (χ2n) is 8.19. The number of methoxy groups -OCH3 is 2. The molecule has 0 aromatic heterocycles. The first-order chi connectivity index (χ1) is 16.0. The molecule has 1 N–H and O–H groups in total. The van der Waals surface area contributed by atoms with E-state index in [0.29, 0.717) is 29.4 Å². The van der Waals surface area contributed by atoms with Crippen molar-refractivity contribution in [3.8, 4) is 17.2 Å². The summed E-state index contributed by atoms with van der Waals surface area (Å²) in [4.78, 5) is 28.3. The highest BCUT2D eigenvalue weighted by molar-refractivity contribution is 6.46. The van der Waals surface area contributed by atoms with E-state index in [1.54, 1.807) is 23.1 Å². The number of likely N-dealkylation sites (tertiary alicyclic amines) is 1. The maximum absolute atomic E-state index is 13.4. The van der Waals surface area contributed by atoms with Gasteiger partial charge in [-0.2, -0.15) is 0 Å². The topological polar surface area (TPSA) is 85.3 Å². The molecular formula is C26H29NO6. The monoisotopic (exact) mass is 451 g/mol. The Morgan fingerprint density at radius 2 is 1.67 bits per heavy atom. The number of hydrogen-bond donors (Lipinski definition) is 1. The molecule has 1 saturated heterocycles. The van der Waals surface area contributed by atoms with E-state index in [4.69, 9.17) is 14.2 Å². The van der Waals surface area contributed by atoms with Gasteiger partial charge >= 0.3 is 0 Å². The fraction of sp³-hybridized carbons (Fsp3) is 0.385. The predicted molar refractivity (Wildman–Crippen MR) is 124 cm³/mol. The number of ether oxygens (including phenoxy) is 3. The van der Waals surface area contributed by atoms with Gasteiger partial charge in [-0.1, -0.05) is 31.0 Å². The lowest BCUT2D eigenvalue weighted by Crippen LogP contribution is -2.37. The van der Waals surface area contributed by atoms with Crippen molar-refractivity contribution in [1.29, 1.82) is 0 Å². The second kappa shape index (κ2) is 9.57. The van der Waals surface area contributed by atoms with Crippen LogP contribution in [0.2, 0.25) is 0 Å². The first-order valence-corrected chi connectivity index (χ1v) is 11.3. The lowest BCUT2D eigenvalue weighted by Gasteiger charge is -2.31. The molecule has 1 unspecified atom stereocenters. The summed E-state index contributed by atoms with van der Waals surface area (Å²) in [5, 5.41) is 11.5. The quantitative estimate of drug-likeness (QED) is 0.380. The van der Waals surface area contributed by atoms with Gasteiger partial charge in [0.15, 0.2) is 0 Å². The zero-order valence-electron chi connectivity index (χ0n) is 19.2. The molecular weight excluding hydrogens is 422 g/mol. The number of carbonyl (C=O) groups is 2. The van der Waals surface area contributed by atoms with E-state index in [-0.39, 0.29) is 22.9 Å². The lowest BCUT2D eigenvalue weighted by molar-refractivity contribution is -0.141. The predicted octanol–water partition coefficient (Wildman–Crippen LogP) is 4.47. The minimum atomic E-state index is -0.733. The molecule has 1 aliphatic heterocycles. The fourth-order valence-electron chi connectivity index (χ4n) is 4.90. The standard InChI is InChI=1S/C26H29NO6/c1-4-33-18-12-7-9-16(15-18)23-22(25(29)26(30)27(23)17-10-5-6-11-17)24(28)21-19(31-2)13-8-14-20(21)32-3/h7-9,12-15,17,23,28H,4-6,10-11H2,1-3H3/b24-22+. The molecule has 1 aliphatic carbocycles. The molecule has 7 heteroatoms. The van der Waals surface area contributed by atoms with Crippen LogP contribution in [0.1, 0.15) is 49.8 Å². The second-order valence-corrected chi connectivity index (χ2v) is 8.19. The smallest absolute Gasteiger partial charge is 0.295 e. The highest BCUT2D eigenvalue weighted by Gasteiger charge is 2.49. The molecule has 0 radical (unpaired) electrons. The number of Topliss-reactive ketones (excluding diaryl/α,β-unsaturated/α-hetero) is 1. The number of hydrogen-bond acceptors (Lipinski definition) is 6. The van der Waals surface area contributed by atoms with Crippen LogP contribution in [0.3, 0.4) is 0 Å². The summed E-state index contributed by atoms with van der Waals surface area (Å²) < 4.78 is 16.6. The van der Waals surface area contributed by atoms with E-state index < -0.39 is 17.7 Å². The van der Waals surface area contributed by atoms with Gasteiger partial charge in [0.25, 0.3) is 11.7 Å². The van der Waals surface area contributed by atoms with Gasteiger partial charge in [0.1, 0.15) is 28.6 Å². The summed E-state index contributed by atoms with van der Waals surface area (Å²) in [6, 6.07) is 11.6. The Balaban J connectivity index is 1.95. The Kier molecular flexibility index (Phi) is 6.58. The third kappa shape index (κ3) is 4.03. The van der Waals surface area contributed by atoms with Crippen molar-refractivity contribution in [1.82, 2.24) is 4.90 Å². The van der Waals surface area contributed by atoms with Crippen LogP contribution in [0.15, 0.2) is 48.0 Å². The Bertz CT molecular complexity index is 1060. The Morgan fingerprint density at radius 1 is 1.03 bits per heavy atom. The minimum Gasteiger partial charge on any atom is -0.506 e. The Labute approximate surface area is 193 Å². The summed E-state index contributed by atoms with van der Waals surface area (Å²) in [7, 11) is 2.96. The van der Waals surface area contributed by atoms with Crippen LogP contribution in [0.25, 0.3) is 5.76 Å². The van der Waals surface area contributed by atoms with Crippen LogP contribution < -0.4 is 14.2 Å². The Hall–Kier alpha value is -3.48. The van der Waals surface area contributed by atoms with Crippen LogP contribution in [0.4, 0.5) is 0 Å². The summed E-state index contributed by atoms with van der Waals surface area (Å²) in [5.41, 5.74) is 0.990. The number of nitrogens with zero attached hydrogens (tertiary/aromatic N) is 1. The van der Waals surface area contributed by atoms with Crippen molar-refractivity contribution in [3.05, 3.63) is 59.2 Å².